The van der Waals surface area contributed by atoms with E-state index in [1.54, 1.807) is 18.2 Å². The van der Waals surface area contributed by atoms with Crippen LogP contribution in [0.1, 0.15) is 18.4 Å². The number of hydrogen-bond donors (Lipinski definition) is 4. The second kappa shape index (κ2) is 16.4. The summed E-state index contributed by atoms with van der Waals surface area (Å²) in [5, 5.41) is 29.6. The van der Waals surface area contributed by atoms with Gasteiger partial charge in [0.25, 0.3) is 0 Å². The van der Waals surface area contributed by atoms with Crippen molar-refractivity contribution in [2.24, 2.45) is 0 Å². The first-order valence-electron chi connectivity index (χ1n) is 13.1. The molecule has 0 aliphatic carbocycles. The lowest BCUT2D eigenvalue weighted by Crippen LogP contribution is -2.28. The molecule has 1 heterocycles. The Hall–Kier alpha value is -4.73. The van der Waals surface area contributed by atoms with Crippen LogP contribution in [-0.2, 0) is 16.0 Å². The third-order valence-corrected chi connectivity index (χ3v) is 5.89. The Morgan fingerprint density at radius 1 is 0.902 bits per heavy atom. The number of hydrogen-bond acceptors (Lipinski definition) is 7. The molecule has 0 bridgehead atoms. The van der Waals surface area contributed by atoms with Crippen molar-refractivity contribution in [1.82, 2.24) is 5.32 Å². The summed E-state index contributed by atoms with van der Waals surface area (Å²) in [5.41, 5.74) is 2.57. The number of aliphatic hydroxyl groups is 1. The van der Waals surface area contributed by atoms with Gasteiger partial charge in [-0.25, -0.2) is 9.59 Å². The zero-order valence-corrected chi connectivity index (χ0v) is 22.4. The molecule has 0 spiro atoms. The van der Waals surface area contributed by atoms with Gasteiger partial charge >= 0.3 is 11.9 Å². The minimum absolute atomic E-state index is 0.0791. The number of ether oxygens (including phenoxy) is 1. The van der Waals surface area contributed by atoms with E-state index in [9.17, 15) is 19.5 Å². The average molecular weight is 560 g/mol. The van der Waals surface area contributed by atoms with Crippen LogP contribution in [0, 0.1) is 0 Å². The molecular weight excluding hydrogens is 526 g/mol. The van der Waals surface area contributed by atoms with Crippen LogP contribution in [0.25, 0.3) is 22.3 Å². The first kappa shape index (κ1) is 30.8. The van der Waals surface area contributed by atoms with Gasteiger partial charge in [-0.15, -0.1) is 0 Å². The van der Waals surface area contributed by atoms with Gasteiger partial charge in [0, 0.05) is 36.4 Å². The highest BCUT2D eigenvalue weighted by Crippen LogP contribution is 2.25. The second-order valence-electron chi connectivity index (χ2n) is 9.09. The predicted octanol–water partition coefficient (Wildman–Crippen LogP) is 4.52. The maximum absolute atomic E-state index is 12.5. The molecule has 0 fully saturated rings. The molecule has 0 aliphatic heterocycles. The lowest BCUT2D eigenvalue weighted by Gasteiger charge is -2.12. The van der Waals surface area contributed by atoms with Gasteiger partial charge < -0.3 is 29.8 Å². The highest BCUT2D eigenvalue weighted by Gasteiger charge is 2.09. The van der Waals surface area contributed by atoms with E-state index in [2.05, 4.69) is 17.4 Å². The standard InChI is InChI=1S/C28H29NO4.C4H4O4/c30-23(20-29-16-15-21-8-3-1-4-9-21)12-7-17-32-24-13-14-25-26(31)19-27(33-28(25)18-24)22-10-5-2-6-11-22;5-3(6)1-2-4(7)8/h1-6,8-11,13-14,18-19,23,29-30H,7,12,15-17,20H2;1-2H,(H,5,6)(H,7,8). The molecule has 41 heavy (non-hydrogen) atoms. The van der Waals surface area contributed by atoms with Crippen LogP contribution in [-0.4, -0.2) is 53.1 Å². The first-order chi connectivity index (χ1) is 19.8. The minimum Gasteiger partial charge on any atom is -0.493 e. The zero-order chi connectivity index (χ0) is 29.5. The normalized spacial score (nSPS) is 11.5. The molecule has 0 amide bonds. The second-order valence-corrected chi connectivity index (χ2v) is 9.09. The quantitative estimate of drug-likeness (QED) is 0.137. The maximum atomic E-state index is 12.5. The van der Waals surface area contributed by atoms with Crippen LogP contribution in [0.15, 0.2) is 106 Å². The van der Waals surface area contributed by atoms with Crippen molar-refractivity contribution in [2.45, 2.75) is 25.4 Å². The number of fused-ring (bicyclic) bond motifs is 1. The van der Waals surface area contributed by atoms with E-state index in [1.807, 2.05) is 48.5 Å². The Morgan fingerprint density at radius 2 is 1.56 bits per heavy atom. The van der Waals surface area contributed by atoms with Gasteiger partial charge in [-0.3, -0.25) is 4.79 Å². The van der Waals surface area contributed by atoms with Crippen molar-refractivity contribution >= 4 is 22.9 Å². The van der Waals surface area contributed by atoms with Crippen molar-refractivity contribution in [3.05, 3.63) is 113 Å². The molecule has 0 saturated heterocycles. The Bertz CT molecular complexity index is 1470. The molecule has 4 rings (SSSR count). The molecule has 214 valence electrons. The summed E-state index contributed by atoms with van der Waals surface area (Å²) in [4.78, 5) is 31.6. The largest absolute Gasteiger partial charge is 0.493 e. The Labute approximate surface area is 237 Å². The summed E-state index contributed by atoms with van der Waals surface area (Å²) >= 11 is 0. The van der Waals surface area contributed by atoms with E-state index in [0.29, 0.717) is 54.2 Å². The van der Waals surface area contributed by atoms with E-state index >= 15 is 0 Å². The van der Waals surface area contributed by atoms with E-state index in [4.69, 9.17) is 19.4 Å². The third-order valence-electron chi connectivity index (χ3n) is 5.89. The van der Waals surface area contributed by atoms with E-state index in [-0.39, 0.29) is 5.43 Å². The Balaban J connectivity index is 0.000000507. The number of aliphatic carboxylic acids is 2. The predicted molar refractivity (Wildman–Crippen MR) is 156 cm³/mol. The van der Waals surface area contributed by atoms with Crippen molar-refractivity contribution < 1.29 is 34.1 Å². The van der Waals surface area contributed by atoms with Crippen LogP contribution in [0.5, 0.6) is 5.75 Å². The molecule has 0 saturated carbocycles. The molecule has 4 aromatic rings. The number of nitrogens with one attached hydrogen (secondary N) is 1. The molecule has 9 nitrogen and oxygen atoms in total. The molecule has 3 aromatic carbocycles. The third kappa shape index (κ3) is 11.1. The lowest BCUT2D eigenvalue weighted by atomic mass is 10.1. The topological polar surface area (TPSA) is 146 Å². The molecule has 9 heteroatoms. The van der Waals surface area contributed by atoms with E-state index in [0.717, 1.165) is 24.9 Å². The van der Waals surface area contributed by atoms with E-state index < -0.39 is 18.0 Å². The van der Waals surface area contributed by atoms with E-state index in [1.165, 1.54) is 11.6 Å². The number of rotatable bonds is 13. The number of carboxylic acids is 2. The fraction of sp³-hybridized carbons (Fsp3) is 0.219. The van der Waals surface area contributed by atoms with Gasteiger partial charge in [0.2, 0.25) is 0 Å². The molecular formula is C32H33NO8. The fourth-order valence-electron chi connectivity index (χ4n) is 3.87. The molecule has 0 radical (unpaired) electrons. The molecule has 1 atom stereocenters. The summed E-state index contributed by atoms with van der Waals surface area (Å²) in [7, 11) is 0. The molecule has 1 unspecified atom stereocenters. The average Bonchev–Trinajstić information content (AvgIpc) is 2.97. The molecule has 0 aliphatic rings. The summed E-state index contributed by atoms with van der Waals surface area (Å²) in [5.74, 6) is -1.33. The number of carbonyl (C=O) groups is 2. The van der Waals surface area contributed by atoms with Crippen molar-refractivity contribution in [2.75, 3.05) is 19.7 Å². The number of carboxylic acid groups (broad SMARTS) is 2. The number of benzene rings is 3. The molecule has 4 N–H and O–H groups in total. The van der Waals surface area contributed by atoms with Gasteiger partial charge in [-0.2, -0.15) is 0 Å². The zero-order valence-electron chi connectivity index (χ0n) is 22.4. The van der Waals surface area contributed by atoms with Gasteiger partial charge in [-0.1, -0.05) is 60.7 Å². The molecule has 1 aromatic heterocycles. The minimum atomic E-state index is -1.26. The summed E-state index contributed by atoms with van der Waals surface area (Å²) in [6, 6.07) is 26.6. The Morgan fingerprint density at radius 3 is 2.22 bits per heavy atom. The SMILES string of the molecule is O=C(O)C=CC(=O)O.O=c1cc(-c2ccccc2)oc2cc(OCCCC(O)CNCCc3ccccc3)ccc12. The summed E-state index contributed by atoms with van der Waals surface area (Å²) in [6.07, 6.45) is 3.03. The van der Waals surface area contributed by atoms with Crippen LogP contribution >= 0.6 is 0 Å². The number of aliphatic hydroxyl groups excluding tert-OH is 1. The van der Waals surface area contributed by atoms with Crippen LogP contribution in [0.3, 0.4) is 0 Å². The van der Waals surface area contributed by atoms with Crippen molar-refractivity contribution in [3.8, 4) is 17.1 Å². The highest BCUT2D eigenvalue weighted by atomic mass is 16.5. The van der Waals surface area contributed by atoms with Crippen LogP contribution in [0.2, 0.25) is 0 Å². The summed E-state index contributed by atoms with van der Waals surface area (Å²) in [6.45, 7) is 1.89. The fourth-order valence-corrected chi connectivity index (χ4v) is 3.87. The van der Waals surface area contributed by atoms with Crippen molar-refractivity contribution in [3.63, 3.8) is 0 Å². The van der Waals surface area contributed by atoms with Gasteiger partial charge in [0.1, 0.15) is 17.1 Å². The first-order valence-corrected chi connectivity index (χ1v) is 13.1. The monoisotopic (exact) mass is 559 g/mol. The Kier molecular flexibility index (Phi) is 12.3. The lowest BCUT2D eigenvalue weighted by molar-refractivity contribution is -0.134. The highest BCUT2D eigenvalue weighted by molar-refractivity contribution is 5.89. The van der Waals surface area contributed by atoms with Crippen LogP contribution < -0.4 is 15.5 Å². The van der Waals surface area contributed by atoms with Gasteiger partial charge in [0.05, 0.1) is 18.1 Å². The van der Waals surface area contributed by atoms with Gasteiger partial charge in [0.15, 0.2) is 5.43 Å². The smallest absolute Gasteiger partial charge is 0.328 e. The van der Waals surface area contributed by atoms with Crippen LogP contribution in [0.4, 0.5) is 0 Å². The van der Waals surface area contributed by atoms with Crippen molar-refractivity contribution in [1.29, 1.82) is 0 Å². The maximum Gasteiger partial charge on any atom is 0.328 e. The summed E-state index contributed by atoms with van der Waals surface area (Å²) < 4.78 is 11.8. The van der Waals surface area contributed by atoms with Gasteiger partial charge in [-0.05, 0) is 43.5 Å².